The van der Waals surface area contributed by atoms with E-state index in [1.165, 1.54) is 35.4 Å². The summed E-state index contributed by atoms with van der Waals surface area (Å²) in [4.78, 5) is 39.1. The average molecular weight is 718 g/mol. The number of amides is 3. The lowest BCUT2D eigenvalue weighted by atomic mass is 9.78. The van der Waals surface area contributed by atoms with Crippen LogP contribution in [0.2, 0.25) is 0 Å². The Balaban J connectivity index is 1.06. The van der Waals surface area contributed by atoms with Crippen LogP contribution >= 0.6 is 0 Å². The first kappa shape index (κ1) is 35.8. The molecule has 2 N–H and O–H groups in total. The summed E-state index contributed by atoms with van der Waals surface area (Å²) in [6, 6.07) is 10.8. The third-order valence-corrected chi connectivity index (χ3v) is 9.63. The predicted octanol–water partition coefficient (Wildman–Crippen LogP) is 7.01. The number of halogens is 6. The van der Waals surface area contributed by atoms with Crippen molar-refractivity contribution in [2.75, 3.05) is 54.4 Å². The van der Waals surface area contributed by atoms with Gasteiger partial charge in [-0.1, -0.05) is 54.6 Å². The van der Waals surface area contributed by atoms with Crippen molar-refractivity contribution < 1.29 is 40.3 Å². The predicted molar refractivity (Wildman–Crippen MR) is 177 cm³/mol. The first-order chi connectivity index (χ1) is 24.2. The molecule has 3 aromatic rings. The number of pyridine rings is 1. The Kier molecular flexibility index (Phi) is 10.0. The Hall–Kier alpha value is -5.02. The zero-order chi connectivity index (χ0) is 36.4. The van der Waals surface area contributed by atoms with Crippen LogP contribution in [0.3, 0.4) is 0 Å². The maximum atomic E-state index is 14.0. The van der Waals surface area contributed by atoms with Crippen molar-refractivity contribution in [3.63, 3.8) is 0 Å². The number of carbonyl (C=O) groups is 2. The van der Waals surface area contributed by atoms with Gasteiger partial charge in [-0.25, -0.2) is 9.78 Å². The normalized spacial score (nSPS) is 21.8. The third kappa shape index (κ3) is 7.84. The molecule has 51 heavy (non-hydrogen) atoms. The fourth-order valence-electron chi connectivity index (χ4n) is 6.53. The number of benzene rings is 1. The second-order valence-electron chi connectivity index (χ2n) is 13.0. The summed E-state index contributed by atoms with van der Waals surface area (Å²) in [7, 11) is 0. The van der Waals surface area contributed by atoms with Crippen molar-refractivity contribution in [1.82, 2.24) is 20.2 Å². The van der Waals surface area contributed by atoms with Crippen LogP contribution in [0.5, 0.6) is 0 Å². The molecule has 2 saturated heterocycles. The Morgan fingerprint density at radius 2 is 1.65 bits per heavy atom. The number of urea groups is 1. The summed E-state index contributed by atoms with van der Waals surface area (Å²) >= 11 is 0. The summed E-state index contributed by atoms with van der Waals surface area (Å²) in [5.41, 5.74) is -2.38. The van der Waals surface area contributed by atoms with E-state index in [9.17, 15) is 35.9 Å². The van der Waals surface area contributed by atoms with E-state index in [-0.39, 0.29) is 24.2 Å². The van der Waals surface area contributed by atoms with E-state index in [1.54, 1.807) is 11.0 Å². The highest BCUT2D eigenvalue weighted by Gasteiger charge is 2.54. The van der Waals surface area contributed by atoms with Crippen LogP contribution < -0.4 is 20.4 Å². The number of aromatic nitrogens is 2. The standard InChI is InChI=1S/C35H37F6N7O3/c1-33(35(39,40)41)15-6-5-10-26(33)44-31(50)47-17-7-16-46(20-21-47)27-12-11-25(22-42-27)43-30(49)28-29(34(36,37)38)45-32(51-28)48-18-13-24(14-19-48)23-8-3-2-4-9-23/h2-6,8-12,15,22,24,26H,7,13-14,16-21H2,1H3,(H,43,49)(H,44,50). The zero-order valence-corrected chi connectivity index (χ0v) is 27.7. The van der Waals surface area contributed by atoms with E-state index in [0.29, 0.717) is 57.8 Å². The number of carbonyl (C=O) groups excluding carboxylic acids is 2. The van der Waals surface area contributed by atoms with Crippen molar-refractivity contribution in [3.05, 3.63) is 90.0 Å². The number of nitrogens with zero attached hydrogens (tertiary/aromatic N) is 5. The van der Waals surface area contributed by atoms with E-state index in [4.69, 9.17) is 4.42 Å². The van der Waals surface area contributed by atoms with Gasteiger partial charge < -0.3 is 29.8 Å². The molecule has 3 aliphatic rings. The molecule has 3 amide bonds. The molecule has 0 spiro atoms. The van der Waals surface area contributed by atoms with E-state index in [1.807, 2.05) is 35.2 Å². The molecule has 2 unspecified atom stereocenters. The van der Waals surface area contributed by atoms with E-state index in [0.717, 1.165) is 18.6 Å². The van der Waals surface area contributed by atoms with Gasteiger partial charge in [-0.3, -0.25) is 4.79 Å². The Labute approximate surface area is 290 Å². The van der Waals surface area contributed by atoms with Gasteiger partial charge in [-0.15, -0.1) is 0 Å². The minimum absolute atomic E-state index is 0.122. The lowest BCUT2D eigenvalue weighted by Crippen LogP contribution is -2.55. The molecule has 0 radical (unpaired) electrons. The molecule has 2 aliphatic heterocycles. The molecular weight excluding hydrogens is 680 g/mol. The fourth-order valence-corrected chi connectivity index (χ4v) is 6.53. The number of allylic oxidation sites excluding steroid dienone is 2. The average Bonchev–Trinajstić information content (AvgIpc) is 3.43. The van der Waals surface area contributed by atoms with Crippen LogP contribution in [0.4, 0.5) is 48.7 Å². The lowest BCUT2D eigenvalue weighted by Gasteiger charge is -2.38. The molecule has 2 fully saturated rings. The van der Waals surface area contributed by atoms with Gasteiger partial charge in [0.15, 0.2) is 5.69 Å². The summed E-state index contributed by atoms with van der Waals surface area (Å²) in [6.45, 7) is 3.17. The van der Waals surface area contributed by atoms with Gasteiger partial charge in [-0.2, -0.15) is 31.3 Å². The van der Waals surface area contributed by atoms with E-state index >= 15 is 0 Å². The Bertz CT molecular complexity index is 1750. The molecule has 6 rings (SSSR count). The molecule has 4 heterocycles. The largest absolute Gasteiger partial charge is 0.437 e. The van der Waals surface area contributed by atoms with Crippen LogP contribution in [-0.2, 0) is 6.18 Å². The molecule has 272 valence electrons. The highest BCUT2D eigenvalue weighted by Crippen LogP contribution is 2.44. The van der Waals surface area contributed by atoms with Gasteiger partial charge in [0, 0.05) is 39.3 Å². The van der Waals surface area contributed by atoms with Crippen LogP contribution in [0.15, 0.2) is 77.4 Å². The van der Waals surface area contributed by atoms with Crippen LogP contribution in [0.1, 0.15) is 53.9 Å². The number of piperidine rings is 1. The van der Waals surface area contributed by atoms with Crippen LogP contribution in [0, 0.1) is 5.41 Å². The van der Waals surface area contributed by atoms with Crippen molar-refractivity contribution >= 4 is 29.5 Å². The highest BCUT2D eigenvalue weighted by molar-refractivity contribution is 6.03. The summed E-state index contributed by atoms with van der Waals surface area (Å²) < 4.78 is 88.8. The van der Waals surface area contributed by atoms with Gasteiger partial charge >= 0.3 is 18.4 Å². The number of hydrogen-bond acceptors (Lipinski definition) is 7. The van der Waals surface area contributed by atoms with E-state index < -0.39 is 47.2 Å². The minimum atomic E-state index is -4.93. The number of alkyl halides is 6. The quantitative estimate of drug-likeness (QED) is 0.265. The van der Waals surface area contributed by atoms with Gasteiger partial charge in [0.05, 0.1) is 17.9 Å². The smallest absolute Gasteiger partial charge is 0.417 e. The van der Waals surface area contributed by atoms with Gasteiger partial charge in [0.25, 0.3) is 11.9 Å². The molecule has 10 nitrogen and oxygen atoms in total. The highest BCUT2D eigenvalue weighted by atomic mass is 19.4. The van der Waals surface area contributed by atoms with Gasteiger partial charge in [0.1, 0.15) is 11.2 Å². The van der Waals surface area contributed by atoms with Crippen molar-refractivity contribution in [3.8, 4) is 0 Å². The minimum Gasteiger partial charge on any atom is -0.417 e. The lowest BCUT2D eigenvalue weighted by molar-refractivity contribution is -0.204. The second kappa shape index (κ2) is 14.3. The van der Waals surface area contributed by atoms with Gasteiger partial charge in [-0.05, 0) is 49.8 Å². The monoisotopic (exact) mass is 717 g/mol. The fraction of sp³-hybridized carbons (Fsp3) is 0.429. The molecule has 2 atom stereocenters. The summed E-state index contributed by atoms with van der Waals surface area (Å²) in [5.74, 6) is -1.34. The zero-order valence-electron chi connectivity index (χ0n) is 27.7. The van der Waals surface area contributed by atoms with Gasteiger partial charge in [0.2, 0.25) is 5.76 Å². The molecular formula is C35H37F6N7O3. The Morgan fingerprint density at radius 1 is 0.902 bits per heavy atom. The molecule has 2 aromatic heterocycles. The SMILES string of the molecule is CC1(C(F)(F)F)C=CC=CC1NC(=O)N1CCCN(c2ccc(NC(=O)c3oc(N4CCC(c5ccccc5)CC4)nc3C(F)(F)F)cn2)CC1. The van der Waals surface area contributed by atoms with Crippen molar-refractivity contribution in [2.24, 2.45) is 5.41 Å². The number of anilines is 3. The molecule has 1 aromatic carbocycles. The number of nitrogens with one attached hydrogen (secondary N) is 2. The maximum Gasteiger partial charge on any atom is 0.437 e. The summed E-state index contributed by atoms with van der Waals surface area (Å²) in [5, 5.41) is 4.93. The molecule has 0 saturated carbocycles. The Morgan fingerprint density at radius 3 is 2.31 bits per heavy atom. The van der Waals surface area contributed by atoms with Crippen LogP contribution in [-0.4, -0.2) is 78.3 Å². The topological polar surface area (TPSA) is 107 Å². The second-order valence-corrected chi connectivity index (χ2v) is 13.0. The number of rotatable bonds is 6. The van der Waals surface area contributed by atoms with E-state index in [2.05, 4.69) is 20.6 Å². The molecule has 1 aliphatic carbocycles. The molecule has 16 heteroatoms. The number of hydrogen-bond donors (Lipinski definition) is 2. The first-order valence-electron chi connectivity index (χ1n) is 16.6. The van der Waals surface area contributed by atoms with Crippen molar-refractivity contribution in [1.29, 1.82) is 0 Å². The summed E-state index contributed by atoms with van der Waals surface area (Å²) in [6.07, 6.45) is -1.20. The first-order valence-corrected chi connectivity index (χ1v) is 16.6. The maximum absolute atomic E-state index is 14.0. The number of oxazole rings is 1. The van der Waals surface area contributed by atoms with Crippen molar-refractivity contribution in [2.45, 2.75) is 50.5 Å². The third-order valence-electron chi connectivity index (χ3n) is 9.63. The van der Waals surface area contributed by atoms with Crippen LogP contribution in [0.25, 0.3) is 0 Å². The molecule has 0 bridgehead atoms.